The average Bonchev–Trinajstić information content (AvgIpc) is 3.13. The van der Waals surface area contributed by atoms with Gasteiger partial charge in [0.1, 0.15) is 5.84 Å². The van der Waals surface area contributed by atoms with Crippen LogP contribution in [0.4, 0.5) is 0 Å². The molecular formula is C20H18N2O4S3. The summed E-state index contributed by atoms with van der Waals surface area (Å²) in [4.78, 5) is 12.2. The molecule has 150 valence electrons. The zero-order valence-electron chi connectivity index (χ0n) is 15.6. The number of aromatic carboxylic acids is 1. The van der Waals surface area contributed by atoms with E-state index in [1.807, 2.05) is 0 Å². The van der Waals surface area contributed by atoms with Gasteiger partial charge < -0.3 is 10.8 Å². The first-order valence-corrected chi connectivity index (χ1v) is 11.9. The van der Waals surface area contributed by atoms with Crippen molar-refractivity contribution in [2.24, 2.45) is 5.73 Å². The third-order valence-electron chi connectivity index (χ3n) is 4.36. The number of sulfone groups is 1. The number of hydrogen-bond donors (Lipinski definition) is 3. The van der Waals surface area contributed by atoms with E-state index >= 15 is 0 Å². The van der Waals surface area contributed by atoms with E-state index < -0.39 is 15.8 Å². The van der Waals surface area contributed by atoms with E-state index in [2.05, 4.69) is 0 Å². The summed E-state index contributed by atoms with van der Waals surface area (Å²) in [7, 11) is -3.99. The molecule has 0 unspecified atom stereocenters. The third kappa shape index (κ3) is 3.81. The van der Waals surface area contributed by atoms with Crippen molar-refractivity contribution in [3.63, 3.8) is 0 Å². The topological polar surface area (TPSA) is 121 Å². The Morgan fingerprint density at radius 3 is 2.45 bits per heavy atom. The van der Waals surface area contributed by atoms with E-state index in [0.717, 1.165) is 11.3 Å². The van der Waals surface area contributed by atoms with Gasteiger partial charge in [-0.3, -0.25) is 5.41 Å². The summed E-state index contributed by atoms with van der Waals surface area (Å²) < 4.78 is 27.7. The number of carboxylic acid groups (broad SMARTS) is 1. The number of nitrogens with one attached hydrogen (secondary N) is 1. The van der Waals surface area contributed by atoms with Crippen LogP contribution >= 0.6 is 23.1 Å². The van der Waals surface area contributed by atoms with E-state index in [1.54, 1.807) is 43.5 Å². The first kappa shape index (κ1) is 21.1. The Morgan fingerprint density at radius 1 is 1.14 bits per heavy atom. The van der Waals surface area contributed by atoms with Crippen LogP contribution in [0.2, 0.25) is 0 Å². The lowest BCUT2D eigenvalue weighted by atomic mass is 9.95. The molecule has 0 atom stereocenters. The molecule has 0 radical (unpaired) electrons. The van der Waals surface area contributed by atoms with Gasteiger partial charge in [0.2, 0.25) is 9.84 Å². The fraction of sp³-hybridized carbons (Fsp3) is 0.100. The number of thiophene rings is 1. The van der Waals surface area contributed by atoms with Crippen molar-refractivity contribution in [1.82, 2.24) is 0 Å². The van der Waals surface area contributed by atoms with Crippen molar-refractivity contribution in [2.45, 2.75) is 20.9 Å². The highest BCUT2D eigenvalue weighted by atomic mass is 32.2. The first-order chi connectivity index (χ1) is 13.7. The van der Waals surface area contributed by atoms with Crippen LogP contribution in [0.1, 0.15) is 20.8 Å². The summed E-state index contributed by atoms with van der Waals surface area (Å²) in [6.45, 7) is 1.75. The van der Waals surface area contributed by atoms with Crippen LogP contribution in [-0.2, 0) is 9.84 Å². The summed E-state index contributed by atoms with van der Waals surface area (Å²) in [5, 5.41) is 17.2. The Bertz CT molecular complexity index is 1230. The predicted octanol–water partition coefficient (Wildman–Crippen LogP) is 4.26. The summed E-state index contributed by atoms with van der Waals surface area (Å²) in [5.41, 5.74) is 6.94. The van der Waals surface area contributed by atoms with Crippen molar-refractivity contribution in [2.75, 3.05) is 6.26 Å². The number of rotatable bonds is 6. The molecular weight excluding hydrogens is 428 g/mol. The number of nitrogens with two attached hydrogens (primary N) is 1. The molecule has 1 aromatic heterocycles. The Hall–Kier alpha value is -2.62. The molecule has 0 spiro atoms. The highest BCUT2D eigenvalue weighted by Gasteiger charge is 2.29. The van der Waals surface area contributed by atoms with Gasteiger partial charge in [-0.25, -0.2) is 13.2 Å². The summed E-state index contributed by atoms with van der Waals surface area (Å²) in [6.07, 6.45) is 1.75. The van der Waals surface area contributed by atoms with Crippen molar-refractivity contribution in [3.05, 3.63) is 64.5 Å². The second-order valence-electron chi connectivity index (χ2n) is 6.18. The Balaban J connectivity index is 2.32. The van der Waals surface area contributed by atoms with E-state index in [-0.39, 0.29) is 21.2 Å². The molecule has 0 aliphatic carbocycles. The molecule has 0 bridgehead atoms. The van der Waals surface area contributed by atoms with Crippen LogP contribution in [0, 0.1) is 12.3 Å². The van der Waals surface area contributed by atoms with Gasteiger partial charge in [-0.2, -0.15) is 0 Å². The molecule has 6 nitrogen and oxygen atoms in total. The van der Waals surface area contributed by atoms with Gasteiger partial charge in [-0.15, -0.1) is 23.1 Å². The van der Waals surface area contributed by atoms with Gasteiger partial charge >= 0.3 is 5.97 Å². The molecule has 0 saturated carbocycles. The molecule has 0 saturated heterocycles. The van der Waals surface area contributed by atoms with Crippen molar-refractivity contribution >= 4 is 44.7 Å². The molecule has 1 heterocycles. The average molecular weight is 447 g/mol. The molecule has 3 rings (SSSR count). The lowest BCUT2D eigenvalue weighted by molar-refractivity contribution is 0.0697. The highest BCUT2D eigenvalue weighted by Crippen LogP contribution is 2.40. The fourth-order valence-electron chi connectivity index (χ4n) is 3.05. The lowest BCUT2D eigenvalue weighted by Gasteiger charge is -2.15. The summed E-state index contributed by atoms with van der Waals surface area (Å²) in [5.74, 6) is -1.33. The van der Waals surface area contributed by atoms with Crippen molar-refractivity contribution in [1.29, 1.82) is 5.41 Å². The van der Waals surface area contributed by atoms with Gasteiger partial charge in [0, 0.05) is 11.1 Å². The van der Waals surface area contributed by atoms with Crippen LogP contribution < -0.4 is 5.73 Å². The normalized spacial score (nSPS) is 11.4. The minimum atomic E-state index is -3.99. The Morgan fingerprint density at radius 2 is 1.83 bits per heavy atom. The second-order valence-corrected chi connectivity index (χ2v) is 10.2. The molecule has 0 aliphatic rings. The quantitative estimate of drug-likeness (QED) is 0.295. The Kier molecular flexibility index (Phi) is 5.83. The number of hydrogen-bond acceptors (Lipinski definition) is 6. The number of aryl methyl sites for hydroxylation is 1. The minimum absolute atomic E-state index is 0.0139. The molecule has 0 fully saturated rings. The van der Waals surface area contributed by atoms with E-state index in [4.69, 9.17) is 11.1 Å². The second kappa shape index (κ2) is 8.02. The smallest absolute Gasteiger partial charge is 0.336 e. The SMILES string of the molecule is CSc1sc(C(=N)N)cc1S(=O)(=O)c1ccccc1-c1c(C)cccc1C(=O)O. The maximum absolute atomic E-state index is 13.6. The molecule has 0 aliphatic heterocycles. The first-order valence-electron chi connectivity index (χ1n) is 8.38. The molecule has 4 N–H and O–H groups in total. The van der Waals surface area contributed by atoms with E-state index in [0.29, 0.717) is 25.8 Å². The monoisotopic (exact) mass is 446 g/mol. The number of benzene rings is 2. The van der Waals surface area contributed by atoms with Gasteiger partial charge in [-0.1, -0.05) is 30.3 Å². The predicted molar refractivity (Wildman–Crippen MR) is 116 cm³/mol. The maximum Gasteiger partial charge on any atom is 0.336 e. The standard InChI is InChI=1S/C20H18N2O4S3/c1-11-6-5-8-13(19(23)24)17(11)12-7-3-4-9-15(12)29(25,26)16-10-14(18(21)22)28-20(16)27-2/h3-10H,1-2H3,(H3,21,22)(H,23,24). The van der Waals surface area contributed by atoms with Crippen molar-refractivity contribution in [3.8, 4) is 11.1 Å². The number of thioether (sulfide) groups is 1. The summed E-state index contributed by atoms with van der Waals surface area (Å²) >= 11 is 2.40. The minimum Gasteiger partial charge on any atom is -0.478 e. The van der Waals surface area contributed by atoms with Crippen LogP contribution in [-0.4, -0.2) is 31.6 Å². The van der Waals surface area contributed by atoms with Gasteiger partial charge in [-0.05, 0) is 36.9 Å². The fourth-order valence-corrected chi connectivity index (χ4v) is 7.11. The largest absolute Gasteiger partial charge is 0.478 e. The number of nitrogen functional groups attached to an aromatic ring is 1. The van der Waals surface area contributed by atoms with Crippen LogP contribution in [0.15, 0.2) is 62.5 Å². The molecule has 0 amide bonds. The maximum atomic E-state index is 13.6. The summed E-state index contributed by atoms with van der Waals surface area (Å²) in [6, 6.07) is 12.6. The Labute approximate surface area is 176 Å². The van der Waals surface area contributed by atoms with Gasteiger partial charge in [0.25, 0.3) is 0 Å². The highest BCUT2D eigenvalue weighted by molar-refractivity contribution is 8.01. The molecule has 3 aromatic rings. The molecule has 9 heteroatoms. The van der Waals surface area contributed by atoms with Crippen LogP contribution in [0.3, 0.4) is 0 Å². The van der Waals surface area contributed by atoms with Crippen molar-refractivity contribution < 1.29 is 18.3 Å². The van der Waals surface area contributed by atoms with Crippen LogP contribution in [0.25, 0.3) is 11.1 Å². The molecule has 2 aromatic carbocycles. The van der Waals surface area contributed by atoms with E-state index in [1.165, 1.54) is 30.0 Å². The van der Waals surface area contributed by atoms with Crippen LogP contribution in [0.5, 0.6) is 0 Å². The zero-order chi connectivity index (χ0) is 21.3. The van der Waals surface area contributed by atoms with E-state index in [9.17, 15) is 18.3 Å². The zero-order valence-corrected chi connectivity index (χ0v) is 18.0. The third-order valence-corrected chi connectivity index (χ3v) is 8.75. The number of carbonyl (C=O) groups is 1. The van der Waals surface area contributed by atoms with Gasteiger partial charge in [0.15, 0.2) is 0 Å². The molecule has 29 heavy (non-hydrogen) atoms. The number of carboxylic acids is 1. The lowest BCUT2D eigenvalue weighted by Crippen LogP contribution is -2.09. The number of amidine groups is 1. The van der Waals surface area contributed by atoms with Gasteiger partial charge in [0.05, 0.1) is 24.4 Å².